The highest BCUT2D eigenvalue weighted by atomic mass is 16.4. The molecule has 0 bridgehead atoms. The standard InChI is InChI=1S/C12H23N3O3/c1-7(2)5-10(14-15-13)11(16)6-9(8(3)4)12(17)18/h7-11,16H,5-6H2,1-4H3,(H,17,18). The Bertz CT molecular complexity index is 312. The molecule has 0 aliphatic carbocycles. The molecular formula is C12H23N3O3. The molecule has 6 nitrogen and oxygen atoms in total. The summed E-state index contributed by atoms with van der Waals surface area (Å²) in [5.74, 6) is -1.34. The van der Waals surface area contributed by atoms with Gasteiger partial charge in [0.1, 0.15) is 0 Å². The summed E-state index contributed by atoms with van der Waals surface area (Å²) < 4.78 is 0. The zero-order valence-electron chi connectivity index (χ0n) is 11.4. The van der Waals surface area contributed by atoms with Gasteiger partial charge in [-0.3, -0.25) is 4.79 Å². The Morgan fingerprint density at radius 2 is 1.83 bits per heavy atom. The van der Waals surface area contributed by atoms with Gasteiger partial charge in [0.2, 0.25) is 0 Å². The fourth-order valence-corrected chi connectivity index (χ4v) is 1.91. The Kier molecular flexibility index (Phi) is 7.39. The Morgan fingerprint density at radius 1 is 1.28 bits per heavy atom. The minimum Gasteiger partial charge on any atom is -0.481 e. The lowest BCUT2D eigenvalue weighted by atomic mass is 9.86. The minimum atomic E-state index is -0.923. The van der Waals surface area contributed by atoms with Crippen molar-refractivity contribution in [1.82, 2.24) is 0 Å². The first-order chi connectivity index (χ1) is 8.29. The second-order valence-electron chi connectivity index (χ2n) is 5.39. The van der Waals surface area contributed by atoms with E-state index in [0.29, 0.717) is 6.42 Å². The van der Waals surface area contributed by atoms with Gasteiger partial charge in [-0.15, -0.1) is 0 Å². The van der Waals surface area contributed by atoms with Crippen LogP contribution in [-0.2, 0) is 4.79 Å². The topological polar surface area (TPSA) is 106 Å². The number of carboxylic acids is 1. The van der Waals surface area contributed by atoms with E-state index < -0.39 is 24.0 Å². The van der Waals surface area contributed by atoms with E-state index in [1.54, 1.807) is 13.8 Å². The summed E-state index contributed by atoms with van der Waals surface area (Å²) in [6, 6.07) is -0.560. The Labute approximate surface area is 108 Å². The van der Waals surface area contributed by atoms with Gasteiger partial charge in [-0.2, -0.15) is 0 Å². The lowest BCUT2D eigenvalue weighted by Crippen LogP contribution is -2.32. The van der Waals surface area contributed by atoms with Crippen molar-refractivity contribution in [2.75, 3.05) is 0 Å². The summed E-state index contributed by atoms with van der Waals surface area (Å²) in [4.78, 5) is 13.8. The van der Waals surface area contributed by atoms with Crippen molar-refractivity contribution >= 4 is 5.97 Å². The van der Waals surface area contributed by atoms with E-state index >= 15 is 0 Å². The fourth-order valence-electron chi connectivity index (χ4n) is 1.91. The third kappa shape index (κ3) is 5.89. The lowest BCUT2D eigenvalue weighted by molar-refractivity contribution is -0.144. The number of hydrogen-bond donors (Lipinski definition) is 2. The third-order valence-corrected chi connectivity index (χ3v) is 2.97. The Morgan fingerprint density at radius 3 is 2.17 bits per heavy atom. The molecule has 0 radical (unpaired) electrons. The van der Waals surface area contributed by atoms with E-state index in [1.165, 1.54) is 0 Å². The van der Waals surface area contributed by atoms with E-state index in [1.807, 2.05) is 13.8 Å². The normalized spacial score (nSPS) is 16.2. The second kappa shape index (κ2) is 7.95. The molecule has 0 saturated heterocycles. The molecule has 0 aliphatic heterocycles. The Balaban J connectivity index is 4.71. The van der Waals surface area contributed by atoms with Crippen LogP contribution in [0.15, 0.2) is 5.11 Å². The van der Waals surface area contributed by atoms with Gasteiger partial charge in [0.15, 0.2) is 0 Å². The van der Waals surface area contributed by atoms with Crippen LogP contribution in [0, 0.1) is 17.8 Å². The van der Waals surface area contributed by atoms with Crippen LogP contribution in [0.4, 0.5) is 0 Å². The molecular weight excluding hydrogens is 234 g/mol. The molecule has 0 aromatic heterocycles. The predicted octanol–water partition coefficient (Wildman–Crippen LogP) is 2.82. The van der Waals surface area contributed by atoms with Crippen molar-refractivity contribution in [1.29, 1.82) is 0 Å². The fraction of sp³-hybridized carbons (Fsp3) is 0.917. The van der Waals surface area contributed by atoms with E-state index in [2.05, 4.69) is 10.0 Å². The van der Waals surface area contributed by atoms with Crippen molar-refractivity contribution in [3.63, 3.8) is 0 Å². The summed E-state index contributed by atoms with van der Waals surface area (Å²) in [6.45, 7) is 7.53. The number of rotatable bonds is 8. The zero-order valence-corrected chi connectivity index (χ0v) is 11.4. The maximum atomic E-state index is 11.1. The summed E-state index contributed by atoms with van der Waals surface area (Å²) in [5.41, 5.74) is 8.48. The molecule has 0 aliphatic rings. The van der Waals surface area contributed by atoms with Crippen molar-refractivity contribution in [2.24, 2.45) is 22.9 Å². The molecule has 6 heteroatoms. The van der Waals surface area contributed by atoms with Crippen LogP contribution in [0.1, 0.15) is 40.5 Å². The highest BCUT2D eigenvalue weighted by Crippen LogP contribution is 2.22. The monoisotopic (exact) mass is 257 g/mol. The van der Waals surface area contributed by atoms with Gasteiger partial charge < -0.3 is 10.2 Å². The van der Waals surface area contributed by atoms with Gasteiger partial charge in [0, 0.05) is 4.91 Å². The van der Waals surface area contributed by atoms with Gasteiger partial charge >= 0.3 is 5.97 Å². The molecule has 0 heterocycles. The largest absolute Gasteiger partial charge is 0.481 e. The van der Waals surface area contributed by atoms with Gasteiger partial charge in [0.05, 0.1) is 18.1 Å². The van der Waals surface area contributed by atoms with Crippen LogP contribution in [0.2, 0.25) is 0 Å². The first kappa shape index (κ1) is 16.7. The van der Waals surface area contributed by atoms with Gasteiger partial charge in [-0.05, 0) is 30.2 Å². The van der Waals surface area contributed by atoms with Crippen molar-refractivity contribution in [3.8, 4) is 0 Å². The zero-order chi connectivity index (χ0) is 14.3. The SMILES string of the molecule is CC(C)CC(N=[N+]=[N-])C(O)CC(C(=O)O)C(C)C. The number of carboxylic acid groups (broad SMARTS) is 1. The van der Waals surface area contributed by atoms with Crippen LogP contribution < -0.4 is 0 Å². The second-order valence-corrected chi connectivity index (χ2v) is 5.39. The highest BCUT2D eigenvalue weighted by Gasteiger charge is 2.28. The smallest absolute Gasteiger partial charge is 0.306 e. The van der Waals surface area contributed by atoms with Gasteiger partial charge in [-0.1, -0.05) is 32.8 Å². The number of carbonyl (C=O) groups is 1. The average molecular weight is 257 g/mol. The van der Waals surface area contributed by atoms with Crippen LogP contribution in [0.3, 0.4) is 0 Å². The number of hydrogen-bond acceptors (Lipinski definition) is 3. The molecule has 0 aromatic carbocycles. The number of azide groups is 1. The molecule has 0 rings (SSSR count). The summed E-state index contributed by atoms with van der Waals surface area (Å²) in [5, 5.41) is 22.7. The molecule has 3 atom stereocenters. The number of aliphatic hydroxyl groups is 1. The number of aliphatic hydroxyl groups excluding tert-OH is 1. The van der Waals surface area contributed by atoms with E-state index in [9.17, 15) is 9.90 Å². The average Bonchev–Trinajstić information content (AvgIpc) is 2.23. The van der Waals surface area contributed by atoms with Crippen LogP contribution >= 0.6 is 0 Å². The van der Waals surface area contributed by atoms with E-state index in [4.69, 9.17) is 10.6 Å². The van der Waals surface area contributed by atoms with Crippen molar-refractivity contribution in [2.45, 2.75) is 52.7 Å². The van der Waals surface area contributed by atoms with Gasteiger partial charge in [0.25, 0.3) is 0 Å². The lowest BCUT2D eigenvalue weighted by Gasteiger charge is -2.24. The summed E-state index contributed by atoms with van der Waals surface area (Å²) in [7, 11) is 0. The first-order valence-electron chi connectivity index (χ1n) is 6.24. The molecule has 0 amide bonds. The number of nitrogens with zero attached hydrogens (tertiary/aromatic N) is 3. The summed E-state index contributed by atoms with van der Waals surface area (Å²) >= 11 is 0. The molecule has 3 unspecified atom stereocenters. The molecule has 0 spiro atoms. The van der Waals surface area contributed by atoms with E-state index in [-0.39, 0.29) is 18.3 Å². The summed E-state index contributed by atoms with van der Waals surface area (Å²) in [6.07, 6.45) is -0.245. The maximum Gasteiger partial charge on any atom is 0.306 e. The highest BCUT2D eigenvalue weighted by molar-refractivity contribution is 5.70. The Hall–Kier alpha value is -1.26. The molecule has 2 N–H and O–H groups in total. The van der Waals surface area contributed by atoms with Crippen LogP contribution in [0.5, 0.6) is 0 Å². The molecule has 0 fully saturated rings. The van der Waals surface area contributed by atoms with Crippen molar-refractivity contribution in [3.05, 3.63) is 10.4 Å². The molecule has 0 aromatic rings. The molecule has 104 valence electrons. The molecule has 18 heavy (non-hydrogen) atoms. The third-order valence-electron chi connectivity index (χ3n) is 2.97. The van der Waals surface area contributed by atoms with Gasteiger partial charge in [-0.25, -0.2) is 0 Å². The maximum absolute atomic E-state index is 11.1. The predicted molar refractivity (Wildman–Crippen MR) is 69.0 cm³/mol. The van der Waals surface area contributed by atoms with E-state index in [0.717, 1.165) is 0 Å². The minimum absolute atomic E-state index is 0.0667. The number of aliphatic carboxylic acids is 1. The van der Waals surface area contributed by atoms with Crippen LogP contribution in [0.25, 0.3) is 10.4 Å². The first-order valence-corrected chi connectivity index (χ1v) is 6.24. The van der Waals surface area contributed by atoms with Crippen molar-refractivity contribution < 1.29 is 15.0 Å². The quantitative estimate of drug-likeness (QED) is 0.396. The molecule has 0 saturated carbocycles. The van der Waals surface area contributed by atoms with Crippen LogP contribution in [-0.4, -0.2) is 28.3 Å².